The van der Waals surface area contributed by atoms with E-state index in [0.717, 1.165) is 16.0 Å². The Morgan fingerprint density at radius 2 is 2.00 bits per heavy atom. The highest BCUT2D eigenvalue weighted by atomic mass is 16.5. The first-order chi connectivity index (χ1) is 8.84. The summed E-state index contributed by atoms with van der Waals surface area (Å²) in [7, 11) is 1.45. The fourth-order valence-electron chi connectivity index (χ4n) is 1.50. The van der Waals surface area contributed by atoms with Crippen LogP contribution >= 0.6 is 0 Å². The number of carboxylic acid groups (broad SMARTS) is 1. The van der Waals surface area contributed by atoms with Crippen molar-refractivity contribution in [1.82, 2.24) is 4.90 Å². The Morgan fingerprint density at radius 3 is 2.58 bits per heavy atom. The van der Waals surface area contributed by atoms with E-state index in [2.05, 4.69) is 0 Å². The maximum atomic E-state index is 11.8. The maximum Gasteiger partial charge on any atom is 0.326 e. The quantitative estimate of drug-likeness (QED) is 0.878. The molecule has 5 nitrogen and oxygen atoms in total. The maximum absolute atomic E-state index is 11.8. The lowest BCUT2D eigenvalue weighted by atomic mass is 10.1. The molecule has 0 bridgehead atoms. The molecule has 0 saturated carbocycles. The van der Waals surface area contributed by atoms with Crippen LogP contribution in [0.3, 0.4) is 0 Å². The zero-order chi connectivity index (χ0) is 14.6. The van der Waals surface area contributed by atoms with Crippen LogP contribution in [0.5, 0.6) is 5.75 Å². The lowest BCUT2D eigenvalue weighted by Crippen LogP contribution is -2.42. The lowest BCUT2D eigenvalue weighted by Gasteiger charge is -2.21. The molecule has 1 atom stereocenters. The van der Waals surface area contributed by atoms with Crippen LogP contribution < -0.4 is 4.74 Å². The lowest BCUT2D eigenvalue weighted by molar-refractivity contribution is -0.148. The third kappa shape index (κ3) is 3.71. The number of rotatable bonds is 5. The van der Waals surface area contributed by atoms with Gasteiger partial charge in [-0.05, 0) is 38.0 Å². The van der Waals surface area contributed by atoms with E-state index in [4.69, 9.17) is 9.84 Å². The molecule has 0 saturated heterocycles. The van der Waals surface area contributed by atoms with Crippen molar-refractivity contribution in [3.05, 3.63) is 29.3 Å². The SMILES string of the molecule is Cc1cccc(OCC(=O)N(C)C(C)C(=O)O)c1C. The predicted octanol–water partition coefficient (Wildman–Crippen LogP) is 1.61. The molecule has 0 radical (unpaired) electrons. The summed E-state index contributed by atoms with van der Waals surface area (Å²) in [5.41, 5.74) is 2.06. The third-order valence-corrected chi connectivity index (χ3v) is 3.24. The highest BCUT2D eigenvalue weighted by Gasteiger charge is 2.21. The monoisotopic (exact) mass is 265 g/mol. The Labute approximate surface area is 112 Å². The fraction of sp³-hybridized carbons (Fsp3) is 0.429. The van der Waals surface area contributed by atoms with Gasteiger partial charge in [-0.15, -0.1) is 0 Å². The molecule has 0 aliphatic carbocycles. The molecule has 0 heterocycles. The van der Waals surface area contributed by atoms with Crippen LogP contribution in [-0.2, 0) is 9.59 Å². The summed E-state index contributed by atoms with van der Waals surface area (Å²) < 4.78 is 5.45. The van der Waals surface area contributed by atoms with Gasteiger partial charge in [-0.25, -0.2) is 4.79 Å². The normalized spacial score (nSPS) is 11.8. The number of benzene rings is 1. The van der Waals surface area contributed by atoms with E-state index in [-0.39, 0.29) is 12.5 Å². The van der Waals surface area contributed by atoms with Crippen LogP contribution in [0, 0.1) is 13.8 Å². The van der Waals surface area contributed by atoms with Crippen molar-refractivity contribution in [2.75, 3.05) is 13.7 Å². The molecule has 0 aliphatic heterocycles. The number of nitrogens with zero attached hydrogens (tertiary/aromatic N) is 1. The molecular formula is C14H19NO4. The van der Waals surface area contributed by atoms with Gasteiger partial charge in [0.05, 0.1) is 0 Å². The van der Waals surface area contributed by atoms with E-state index in [1.165, 1.54) is 14.0 Å². The van der Waals surface area contributed by atoms with E-state index in [9.17, 15) is 9.59 Å². The van der Waals surface area contributed by atoms with Crippen molar-refractivity contribution in [3.63, 3.8) is 0 Å². The average molecular weight is 265 g/mol. The van der Waals surface area contributed by atoms with E-state index >= 15 is 0 Å². The zero-order valence-electron chi connectivity index (χ0n) is 11.6. The van der Waals surface area contributed by atoms with Crippen molar-refractivity contribution in [2.24, 2.45) is 0 Å². The molecule has 0 aliphatic rings. The second-order valence-electron chi connectivity index (χ2n) is 4.51. The standard InChI is InChI=1S/C14H19NO4/c1-9-6-5-7-12(10(9)2)19-8-13(16)15(4)11(3)14(17)18/h5-7,11H,8H2,1-4H3,(H,17,18). The van der Waals surface area contributed by atoms with Gasteiger partial charge in [0.1, 0.15) is 11.8 Å². The van der Waals surface area contributed by atoms with Gasteiger partial charge in [0.25, 0.3) is 5.91 Å². The number of amides is 1. The number of hydrogen-bond acceptors (Lipinski definition) is 3. The van der Waals surface area contributed by atoms with Crippen molar-refractivity contribution in [1.29, 1.82) is 0 Å². The highest BCUT2D eigenvalue weighted by Crippen LogP contribution is 2.20. The summed E-state index contributed by atoms with van der Waals surface area (Å²) in [6.45, 7) is 5.16. The van der Waals surface area contributed by atoms with Gasteiger partial charge in [-0.3, -0.25) is 4.79 Å². The van der Waals surface area contributed by atoms with Crippen molar-refractivity contribution in [3.8, 4) is 5.75 Å². The molecular weight excluding hydrogens is 246 g/mol. The molecule has 0 spiro atoms. The summed E-state index contributed by atoms with van der Waals surface area (Å²) in [5, 5.41) is 8.83. The average Bonchev–Trinajstić information content (AvgIpc) is 2.38. The van der Waals surface area contributed by atoms with Crippen LogP contribution in [0.4, 0.5) is 0 Å². The molecule has 19 heavy (non-hydrogen) atoms. The number of aryl methyl sites for hydroxylation is 1. The van der Waals surface area contributed by atoms with Gasteiger partial charge in [0.2, 0.25) is 0 Å². The van der Waals surface area contributed by atoms with Crippen LogP contribution in [-0.4, -0.2) is 41.6 Å². The first-order valence-corrected chi connectivity index (χ1v) is 6.02. The highest BCUT2D eigenvalue weighted by molar-refractivity contribution is 5.84. The minimum Gasteiger partial charge on any atom is -0.483 e. The first-order valence-electron chi connectivity index (χ1n) is 6.02. The van der Waals surface area contributed by atoms with E-state index in [0.29, 0.717) is 5.75 Å². The second kappa shape index (κ2) is 6.22. The largest absolute Gasteiger partial charge is 0.483 e. The summed E-state index contributed by atoms with van der Waals surface area (Å²) in [6.07, 6.45) is 0. The van der Waals surface area contributed by atoms with Gasteiger partial charge in [-0.2, -0.15) is 0 Å². The molecule has 0 fully saturated rings. The summed E-state index contributed by atoms with van der Waals surface area (Å²) in [5.74, 6) is -0.761. The van der Waals surface area contributed by atoms with Gasteiger partial charge < -0.3 is 14.7 Å². The Balaban J connectivity index is 2.64. The van der Waals surface area contributed by atoms with E-state index in [1.807, 2.05) is 26.0 Å². The van der Waals surface area contributed by atoms with Crippen LogP contribution in [0.1, 0.15) is 18.1 Å². The fourth-order valence-corrected chi connectivity index (χ4v) is 1.50. The molecule has 1 rings (SSSR count). The minimum atomic E-state index is -1.04. The zero-order valence-corrected chi connectivity index (χ0v) is 11.6. The van der Waals surface area contributed by atoms with Gasteiger partial charge in [-0.1, -0.05) is 12.1 Å². The van der Waals surface area contributed by atoms with Gasteiger partial charge >= 0.3 is 5.97 Å². The Hall–Kier alpha value is -2.04. The number of carbonyl (C=O) groups is 2. The number of likely N-dealkylation sites (N-methyl/N-ethyl adjacent to an activating group) is 1. The van der Waals surface area contributed by atoms with Gasteiger partial charge in [0.15, 0.2) is 6.61 Å². The molecule has 1 unspecified atom stereocenters. The molecule has 1 amide bonds. The van der Waals surface area contributed by atoms with Crippen LogP contribution in [0.15, 0.2) is 18.2 Å². The molecule has 0 aromatic heterocycles. The first kappa shape index (κ1) is 15.0. The summed E-state index contributed by atoms with van der Waals surface area (Å²) >= 11 is 0. The Morgan fingerprint density at radius 1 is 1.37 bits per heavy atom. The number of ether oxygens (including phenoxy) is 1. The molecule has 1 N–H and O–H groups in total. The molecule has 1 aromatic carbocycles. The van der Waals surface area contributed by atoms with Crippen molar-refractivity contribution in [2.45, 2.75) is 26.8 Å². The number of carboxylic acids is 1. The Kier molecular flexibility index (Phi) is 4.92. The predicted molar refractivity (Wildman–Crippen MR) is 71.3 cm³/mol. The molecule has 104 valence electrons. The smallest absolute Gasteiger partial charge is 0.326 e. The third-order valence-electron chi connectivity index (χ3n) is 3.24. The van der Waals surface area contributed by atoms with Crippen molar-refractivity contribution >= 4 is 11.9 Å². The van der Waals surface area contributed by atoms with E-state index < -0.39 is 12.0 Å². The second-order valence-corrected chi connectivity index (χ2v) is 4.51. The number of hydrogen-bond donors (Lipinski definition) is 1. The topological polar surface area (TPSA) is 66.8 Å². The molecule has 1 aromatic rings. The van der Waals surface area contributed by atoms with Crippen LogP contribution in [0.25, 0.3) is 0 Å². The molecule has 5 heteroatoms. The van der Waals surface area contributed by atoms with Crippen molar-refractivity contribution < 1.29 is 19.4 Å². The van der Waals surface area contributed by atoms with Gasteiger partial charge in [0, 0.05) is 7.05 Å². The minimum absolute atomic E-state index is 0.168. The Bertz CT molecular complexity index is 484. The van der Waals surface area contributed by atoms with Crippen LogP contribution in [0.2, 0.25) is 0 Å². The summed E-state index contributed by atoms with van der Waals surface area (Å²) in [4.78, 5) is 23.7. The number of aliphatic carboxylic acids is 1. The summed E-state index contributed by atoms with van der Waals surface area (Å²) in [6, 6.07) is 4.74. The van der Waals surface area contributed by atoms with E-state index in [1.54, 1.807) is 6.07 Å². The number of carbonyl (C=O) groups excluding carboxylic acids is 1.